The van der Waals surface area contributed by atoms with Crippen molar-refractivity contribution >= 4 is 10.2 Å². The second kappa shape index (κ2) is 2.57. The van der Waals surface area contributed by atoms with Crippen molar-refractivity contribution < 1.29 is 0 Å². The van der Waals surface area contributed by atoms with Crippen molar-refractivity contribution in [1.29, 1.82) is 0 Å². The first-order chi connectivity index (χ1) is 3.93. The Bertz CT molecular complexity index is 152. The summed E-state index contributed by atoms with van der Waals surface area (Å²) in [5.74, 6) is 0. The molecule has 0 aliphatic heterocycles. The van der Waals surface area contributed by atoms with Crippen LogP contribution in [0, 0.1) is 0 Å². The Balaban J connectivity index is 2.83. The maximum Gasteiger partial charge on any atom is 0.0552 e. The highest BCUT2D eigenvalue weighted by Gasteiger charge is 1.83. The van der Waals surface area contributed by atoms with Crippen molar-refractivity contribution in [3.05, 3.63) is 24.3 Å². The molecule has 0 saturated heterocycles. The molecule has 1 aromatic heterocycles. The molecule has 3 heteroatoms. The summed E-state index contributed by atoms with van der Waals surface area (Å²) in [4.78, 5) is 7.85. The molecule has 0 bridgehead atoms. The van der Waals surface area contributed by atoms with Crippen LogP contribution >= 0.6 is 0 Å². The molecule has 2 nitrogen and oxygen atoms in total. The molecule has 0 atom stereocenters. The summed E-state index contributed by atoms with van der Waals surface area (Å²) < 4.78 is 0. The van der Waals surface area contributed by atoms with Crippen molar-refractivity contribution in [3.8, 4) is 0 Å². The Morgan fingerprint density at radius 1 is 1.50 bits per heavy atom. The van der Waals surface area contributed by atoms with E-state index < -0.39 is 0 Å². The van der Waals surface area contributed by atoms with Crippen LogP contribution in [0.1, 0.15) is 5.69 Å². The summed E-state index contributed by atoms with van der Waals surface area (Å²) in [5.41, 5.74) is 0.962. The summed E-state index contributed by atoms with van der Waals surface area (Å²) in [6.45, 7) is 0. The van der Waals surface area contributed by atoms with Crippen molar-refractivity contribution in [1.82, 2.24) is 9.97 Å². The van der Waals surface area contributed by atoms with Crippen LogP contribution in [-0.2, 0) is 6.04 Å². The highest BCUT2D eigenvalue weighted by Crippen LogP contribution is 1.85. The van der Waals surface area contributed by atoms with E-state index in [9.17, 15) is 0 Å². The van der Waals surface area contributed by atoms with Gasteiger partial charge in [-0.05, 0) is 6.04 Å². The lowest BCUT2D eigenvalue weighted by Crippen LogP contribution is -1.87. The number of aromatic nitrogens is 2. The Labute approximate surface area is 51.4 Å². The van der Waals surface area contributed by atoms with E-state index in [-0.39, 0.29) is 0 Å². The van der Waals surface area contributed by atoms with E-state index in [0.717, 1.165) is 11.7 Å². The Hall–Kier alpha value is -0.703. The third kappa shape index (κ3) is 1.13. The maximum atomic E-state index is 3.99. The molecule has 1 heterocycles. The first-order valence-corrected chi connectivity index (χ1v) is 3.03. The Morgan fingerprint density at radius 2 is 2.38 bits per heavy atom. The first-order valence-electron chi connectivity index (χ1n) is 2.33. The molecule has 0 spiro atoms. The van der Waals surface area contributed by atoms with Crippen LogP contribution in [0.25, 0.3) is 0 Å². The highest BCUT2D eigenvalue weighted by atomic mass is 28.1. The largest absolute Gasteiger partial charge is 0.261 e. The molecule has 0 unspecified atom stereocenters. The van der Waals surface area contributed by atoms with E-state index in [0.29, 0.717) is 0 Å². The lowest BCUT2D eigenvalue weighted by molar-refractivity contribution is 1.10. The van der Waals surface area contributed by atoms with Crippen molar-refractivity contribution in [2.45, 2.75) is 6.04 Å². The SMILES string of the molecule is [Si]Cc1cnccn1. The summed E-state index contributed by atoms with van der Waals surface area (Å²) >= 11 is 0. The van der Waals surface area contributed by atoms with Gasteiger partial charge in [0.15, 0.2) is 0 Å². The molecule has 0 saturated carbocycles. The summed E-state index contributed by atoms with van der Waals surface area (Å²) in [6, 6.07) is 0.772. The molecule has 1 rings (SSSR count). The van der Waals surface area contributed by atoms with Crippen LogP contribution in [0.15, 0.2) is 18.6 Å². The van der Waals surface area contributed by atoms with Gasteiger partial charge in [0, 0.05) is 28.8 Å². The molecule has 39 valence electrons. The summed E-state index contributed by atoms with van der Waals surface area (Å²) in [5, 5.41) is 0. The van der Waals surface area contributed by atoms with Crippen molar-refractivity contribution in [2.75, 3.05) is 0 Å². The number of hydrogen-bond donors (Lipinski definition) is 0. The van der Waals surface area contributed by atoms with Crippen LogP contribution < -0.4 is 0 Å². The van der Waals surface area contributed by atoms with Crippen LogP contribution in [0.3, 0.4) is 0 Å². The molecule has 0 N–H and O–H groups in total. The van der Waals surface area contributed by atoms with Crippen LogP contribution in [-0.4, -0.2) is 20.2 Å². The number of nitrogens with zero attached hydrogens (tertiary/aromatic N) is 2. The third-order valence-electron chi connectivity index (χ3n) is 0.798. The predicted octanol–water partition coefficient (Wildman–Crippen LogP) is 0.145. The van der Waals surface area contributed by atoms with Gasteiger partial charge in [0.2, 0.25) is 0 Å². The molecule has 0 aromatic carbocycles. The van der Waals surface area contributed by atoms with Crippen LogP contribution in [0.4, 0.5) is 0 Å². The minimum Gasteiger partial charge on any atom is -0.261 e. The highest BCUT2D eigenvalue weighted by molar-refractivity contribution is 6.08. The van der Waals surface area contributed by atoms with Gasteiger partial charge in [0.05, 0.1) is 5.69 Å². The van der Waals surface area contributed by atoms with E-state index in [1.807, 2.05) is 0 Å². The summed E-state index contributed by atoms with van der Waals surface area (Å²) in [7, 11) is 3.30. The van der Waals surface area contributed by atoms with E-state index in [1.165, 1.54) is 0 Å². The fourth-order valence-electron chi connectivity index (χ4n) is 0.421. The van der Waals surface area contributed by atoms with Gasteiger partial charge in [0.1, 0.15) is 0 Å². The monoisotopic (exact) mass is 121 g/mol. The van der Waals surface area contributed by atoms with Gasteiger partial charge in [-0.25, -0.2) is 0 Å². The summed E-state index contributed by atoms with van der Waals surface area (Å²) in [6.07, 6.45) is 5.06. The predicted molar refractivity (Wildman–Crippen MR) is 31.5 cm³/mol. The fraction of sp³-hybridized carbons (Fsp3) is 0.200. The molecule has 1 aromatic rings. The zero-order valence-corrected chi connectivity index (χ0v) is 5.33. The van der Waals surface area contributed by atoms with Gasteiger partial charge in [-0.1, -0.05) is 0 Å². The van der Waals surface area contributed by atoms with E-state index >= 15 is 0 Å². The van der Waals surface area contributed by atoms with Gasteiger partial charge in [-0.2, -0.15) is 0 Å². The van der Waals surface area contributed by atoms with Crippen molar-refractivity contribution in [3.63, 3.8) is 0 Å². The zero-order valence-electron chi connectivity index (χ0n) is 4.33. The van der Waals surface area contributed by atoms with E-state index in [1.54, 1.807) is 18.6 Å². The number of rotatable bonds is 1. The van der Waals surface area contributed by atoms with Crippen LogP contribution in [0.5, 0.6) is 0 Å². The average Bonchev–Trinajstić information content (AvgIpc) is 1.90. The van der Waals surface area contributed by atoms with E-state index in [4.69, 9.17) is 0 Å². The van der Waals surface area contributed by atoms with Gasteiger partial charge in [0.25, 0.3) is 0 Å². The van der Waals surface area contributed by atoms with Crippen molar-refractivity contribution in [2.24, 2.45) is 0 Å². The standard InChI is InChI=1S/C5H5N2Si/c8-4-5-3-6-1-2-7-5/h1-3H,4H2. The lowest BCUT2D eigenvalue weighted by atomic mass is 10.5. The second-order valence-electron chi connectivity index (χ2n) is 1.37. The third-order valence-corrected chi connectivity index (χ3v) is 1.16. The maximum absolute atomic E-state index is 3.99. The molecule has 0 amide bonds. The minimum atomic E-state index is 0.772. The Kier molecular flexibility index (Phi) is 1.74. The first kappa shape index (κ1) is 5.43. The molecule has 8 heavy (non-hydrogen) atoms. The van der Waals surface area contributed by atoms with E-state index in [2.05, 4.69) is 20.2 Å². The normalized spacial score (nSPS) is 9.12. The van der Waals surface area contributed by atoms with Crippen LogP contribution in [0.2, 0.25) is 0 Å². The van der Waals surface area contributed by atoms with Gasteiger partial charge >= 0.3 is 0 Å². The molecular formula is C5H5N2Si. The smallest absolute Gasteiger partial charge is 0.0552 e. The van der Waals surface area contributed by atoms with Gasteiger partial charge < -0.3 is 0 Å². The minimum absolute atomic E-state index is 0.772. The molecule has 0 fully saturated rings. The van der Waals surface area contributed by atoms with Gasteiger partial charge in [-0.15, -0.1) is 0 Å². The molecule has 0 aliphatic carbocycles. The topological polar surface area (TPSA) is 25.8 Å². The molecular weight excluding hydrogens is 116 g/mol. The second-order valence-corrected chi connectivity index (χ2v) is 1.73. The van der Waals surface area contributed by atoms with Gasteiger partial charge in [-0.3, -0.25) is 9.97 Å². The molecule has 3 radical (unpaired) electrons. The zero-order chi connectivity index (χ0) is 5.82. The fourth-order valence-corrected chi connectivity index (χ4v) is 0.604. The number of hydrogen-bond acceptors (Lipinski definition) is 2. The lowest BCUT2D eigenvalue weighted by Gasteiger charge is -1.87. The Morgan fingerprint density at radius 3 is 2.75 bits per heavy atom. The quantitative estimate of drug-likeness (QED) is 0.494. The molecule has 0 aliphatic rings. The average molecular weight is 121 g/mol.